The first kappa shape index (κ1) is 23.4. The molecule has 1 aliphatic heterocycles. The summed E-state index contributed by atoms with van der Waals surface area (Å²) < 4.78 is 1.54. The number of fused-ring (bicyclic) bond motifs is 1. The Balaban J connectivity index is 1.24. The fraction of sp³-hybridized carbons (Fsp3) is 0.111. The number of para-hydroxylation sites is 1. The molecule has 0 spiro atoms. The molecule has 0 radical (unpaired) electrons. The molecule has 0 bridgehead atoms. The predicted octanol–water partition coefficient (Wildman–Crippen LogP) is 3.90. The van der Waals surface area contributed by atoms with Gasteiger partial charge in [-0.2, -0.15) is 5.10 Å². The zero-order valence-electron chi connectivity index (χ0n) is 19.3. The van der Waals surface area contributed by atoms with E-state index in [9.17, 15) is 14.4 Å². The van der Waals surface area contributed by atoms with Crippen LogP contribution in [0.4, 0.5) is 11.4 Å². The molecule has 1 aromatic heterocycles. The molecule has 0 saturated heterocycles. The van der Waals surface area contributed by atoms with Crippen molar-refractivity contribution in [2.75, 3.05) is 22.5 Å². The van der Waals surface area contributed by atoms with Crippen LogP contribution in [0, 0.1) is 0 Å². The molecular weight excluding hydrogens is 474 g/mol. The third kappa shape index (κ3) is 4.87. The third-order valence-electron chi connectivity index (χ3n) is 5.90. The standard InChI is InChI=1S/C27H23N5O3S/c28-26(34)22-14-16-32(30-22)20-11-9-19(10-12-20)29-27(35)21-6-2-4-8-24(21)36-17-25(33)31-15-13-18-5-1-3-7-23(18)31/h1-12,14,16H,13,15,17H2,(H2,28,34)(H,29,35). The number of hydrogen-bond donors (Lipinski definition) is 2. The van der Waals surface area contributed by atoms with E-state index in [4.69, 9.17) is 5.73 Å². The number of carbonyl (C=O) groups is 3. The molecule has 5 rings (SSSR count). The van der Waals surface area contributed by atoms with Crippen molar-refractivity contribution in [3.8, 4) is 5.69 Å². The van der Waals surface area contributed by atoms with Gasteiger partial charge in [0.2, 0.25) is 5.91 Å². The van der Waals surface area contributed by atoms with Gasteiger partial charge in [-0.1, -0.05) is 30.3 Å². The fourth-order valence-corrected chi connectivity index (χ4v) is 5.02. The molecule has 1 aliphatic rings. The average molecular weight is 498 g/mol. The van der Waals surface area contributed by atoms with Gasteiger partial charge in [-0.25, -0.2) is 4.68 Å². The number of nitrogens with zero attached hydrogens (tertiary/aromatic N) is 3. The molecule has 0 aliphatic carbocycles. The van der Waals surface area contributed by atoms with E-state index >= 15 is 0 Å². The lowest BCUT2D eigenvalue weighted by atomic mass is 10.2. The lowest BCUT2D eigenvalue weighted by Gasteiger charge is -2.17. The maximum atomic E-state index is 13.0. The van der Waals surface area contributed by atoms with Crippen LogP contribution in [0.25, 0.3) is 5.69 Å². The highest BCUT2D eigenvalue weighted by Crippen LogP contribution is 2.30. The van der Waals surface area contributed by atoms with Crippen LogP contribution in [0.5, 0.6) is 0 Å². The third-order valence-corrected chi connectivity index (χ3v) is 6.96. The second-order valence-electron chi connectivity index (χ2n) is 8.22. The fourth-order valence-electron chi connectivity index (χ4n) is 4.09. The smallest absolute Gasteiger partial charge is 0.269 e. The molecule has 3 N–H and O–H groups in total. The van der Waals surface area contributed by atoms with Crippen molar-refractivity contribution < 1.29 is 14.4 Å². The summed E-state index contributed by atoms with van der Waals surface area (Å²) in [6.07, 6.45) is 2.50. The number of benzene rings is 3. The molecule has 4 aromatic rings. The lowest BCUT2D eigenvalue weighted by molar-refractivity contribution is -0.116. The van der Waals surface area contributed by atoms with E-state index in [-0.39, 0.29) is 23.3 Å². The van der Waals surface area contributed by atoms with Crippen molar-refractivity contribution in [1.29, 1.82) is 0 Å². The molecule has 8 nitrogen and oxygen atoms in total. The van der Waals surface area contributed by atoms with Crippen molar-refractivity contribution in [2.45, 2.75) is 11.3 Å². The number of anilines is 2. The van der Waals surface area contributed by atoms with Crippen molar-refractivity contribution >= 4 is 40.9 Å². The quantitative estimate of drug-likeness (QED) is 0.376. The summed E-state index contributed by atoms with van der Waals surface area (Å²) in [5.41, 5.74) is 9.41. The number of primary amides is 1. The number of nitrogens with two attached hydrogens (primary N) is 1. The number of rotatable bonds is 7. The average Bonchev–Trinajstić information content (AvgIpc) is 3.56. The maximum absolute atomic E-state index is 13.0. The summed E-state index contributed by atoms with van der Waals surface area (Å²) in [7, 11) is 0. The zero-order chi connectivity index (χ0) is 25.1. The van der Waals surface area contributed by atoms with Gasteiger partial charge in [0.05, 0.1) is 17.0 Å². The van der Waals surface area contributed by atoms with Gasteiger partial charge >= 0.3 is 0 Å². The van der Waals surface area contributed by atoms with Gasteiger partial charge in [0.25, 0.3) is 11.8 Å². The van der Waals surface area contributed by atoms with Crippen molar-refractivity contribution in [1.82, 2.24) is 9.78 Å². The lowest BCUT2D eigenvalue weighted by Crippen LogP contribution is -2.30. The van der Waals surface area contributed by atoms with Gasteiger partial charge in [0.15, 0.2) is 0 Å². The van der Waals surface area contributed by atoms with Crippen LogP contribution in [0.1, 0.15) is 26.4 Å². The zero-order valence-corrected chi connectivity index (χ0v) is 20.1. The highest BCUT2D eigenvalue weighted by molar-refractivity contribution is 8.00. The number of carbonyl (C=O) groups excluding carboxylic acids is 3. The highest BCUT2D eigenvalue weighted by Gasteiger charge is 2.24. The summed E-state index contributed by atoms with van der Waals surface area (Å²) in [6, 6.07) is 23.8. The molecule has 9 heteroatoms. The molecule has 0 fully saturated rings. The molecule has 0 unspecified atom stereocenters. The first-order valence-corrected chi connectivity index (χ1v) is 12.4. The molecule has 0 atom stereocenters. The number of aromatic nitrogens is 2. The van der Waals surface area contributed by atoms with Crippen LogP contribution in [-0.4, -0.2) is 39.8 Å². The Morgan fingerprint density at radius 2 is 1.69 bits per heavy atom. The Labute approximate surface area is 212 Å². The van der Waals surface area contributed by atoms with E-state index in [1.807, 2.05) is 35.2 Å². The van der Waals surface area contributed by atoms with E-state index in [0.29, 0.717) is 17.8 Å². The summed E-state index contributed by atoms with van der Waals surface area (Å²) in [5, 5.41) is 7.03. The van der Waals surface area contributed by atoms with E-state index in [0.717, 1.165) is 22.7 Å². The Kier molecular flexibility index (Phi) is 6.55. The Bertz CT molecular complexity index is 1450. The van der Waals surface area contributed by atoms with Gasteiger partial charge < -0.3 is 16.0 Å². The second kappa shape index (κ2) is 10.1. The minimum absolute atomic E-state index is 0.0221. The summed E-state index contributed by atoms with van der Waals surface area (Å²) in [5.74, 6) is -0.597. The van der Waals surface area contributed by atoms with Gasteiger partial charge in [-0.3, -0.25) is 14.4 Å². The predicted molar refractivity (Wildman–Crippen MR) is 140 cm³/mol. The van der Waals surface area contributed by atoms with Crippen LogP contribution < -0.4 is 16.0 Å². The summed E-state index contributed by atoms with van der Waals surface area (Å²) in [4.78, 5) is 39.8. The Morgan fingerprint density at radius 1 is 0.944 bits per heavy atom. The Morgan fingerprint density at radius 3 is 2.47 bits per heavy atom. The van der Waals surface area contributed by atoms with Gasteiger partial charge in [-0.15, -0.1) is 11.8 Å². The first-order valence-electron chi connectivity index (χ1n) is 11.4. The van der Waals surface area contributed by atoms with Crippen molar-refractivity contribution in [3.63, 3.8) is 0 Å². The van der Waals surface area contributed by atoms with Crippen LogP contribution in [-0.2, 0) is 11.2 Å². The number of amides is 3. The molecule has 3 aromatic carbocycles. The molecule has 36 heavy (non-hydrogen) atoms. The SMILES string of the molecule is NC(=O)c1ccn(-c2ccc(NC(=O)c3ccccc3SCC(=O)N3CCc4ccccc43)cc2)n1. The van der Waals surface area contributed by atoms with Gasteiger partial charge in [0.1, 0.15) is 5.69 Å². The molecule has 180 valence electrons. The van der Waals surface area contributed by atoms with Gasteiger partial charge in [-0.05, 0) is 60.5 Å². The topological polar surface area (TPSA) is 110 Å². The molecule has 2 heterocycles. The van der Waals surface area contributed by atoms with Crippen LogP contribution in [0.3, 0.4) is 0 Å². The second-order valence-corrected chi connectivity index (χ2v) is 9.24. The van der Waals surface area contributed by atoms with Crippen LogP contribution in [0.2, 0.25) is 0 Å². The summed E-state index contributed by atoms with van der Waals surface area (Å²) in [6.45, 7) is 0.680. The summed E-state index contributed by atoms with van der Waals surface area (Å²) >= 11 is 1.36. The normalized spacial score (nSPS) is 12.3. The van der Waals surface area contributed by atoms with E-state index in [2.05, 4.69) is 16.5 Å². The minimum Gasteiger partial charge on any atom is -0.364 e. The molecular formula is C27H23N5O3S. The monoisotopic (exact) mass is 497 g/mol. The van der Waals surface area contributed by atoms with Crippen molar-refractivity contribution in [3.05, 3.63) is 102 Å². The largest absolute Gasteiger partial charge is 0.364 e. The number of hydrogen-bond acceptors (Lipinski definition) is 5. The molecule has 3 amide bonds. The minimum atomic E-state index is -0.596. The Hall–Kier alpha value is -4.37. The molecule has 0 saturated carbocycles. The first-order chi connectivity index (χ1) is 17.5. The van der Waals surface area contributed by atoms with Crippen molar-refractivity contribution in [2.24, 2.45) is 5.73 Å². The van der Waals surface area contributed by atoms with Crippen LogP contribution in [0.15, 0.2) is 90.0 Å². The van der Waals surface area contributed by atoms with Crippen LogP contribution >= 0.6 is 11.8 Å². The highest BCUT2D eigenvalue weighted by atomic mass is 32.2. The van der Waals surface area contributed by atoms with E-state index < -0.39 is 5.91 Å². The number of thioether (sulfide) groups is 1. The number of nitrogens with one attached hydrogen (secondary N) is 1. The van der Waals surface area contributed by atoms with E-state index in [1.54, 1.807) is 48.7 Å². The van der Waals surface area contributed by atoms with E-state index in [1.165, 1.54) is 22.0 Å². The maximum Gasteiger partial charge on any atom is 0.269 e. The van der Waals surface area contributed by atoms with Gasteiger partial charge in [0, 0.05) is 29.0 Å².